The molecular formula is C20H18F8. The van der Waals surface area contributed by atoms with Crippen LogP contribution in [-0.4, -0.2) is 25.7 Å². The molecule has 0 aliphatic heterocycles. The zero-order valence-corrected chi connectivity index (χ0v) is 15.0. The Balaban J connectivity index is 2.35. The van der Waals surface area contributed by atoms with Crippen molar-refractivity contribution in [1.29, 1.82) is 0 Å². The van der Waals surface area contributed by atoms with Crippen molar-refractivity contribution in [3.63, 3.8) is 0 Å². The maximum absolute atomic E-state index is 13.1. The Morgan fingerprint density at radius 1 is 0.464 bits per heavy atom. The van der Waals surface area contributed by atoms with Gasteiger partial charge in [0.15, 0.2) is 0 Å². The first-order chi connectivity index (χ1) is 13.0. The van der Waals surface area contributed by atoms with Crippen LogP contribution in [0.1, 0.15) is 25.0 Å². The Morgan fingerprint density at radius 2 is 0.679 bits per heavy atom. The smallest absolute Gasteiger partial charge is 0.209 e. The molecule has 154 valence electrons. The van der Waals surface area contributed by atoms with E-state index in [1.165, 1.54) is 24.3 Å². The summed E-state index contributed by atoms with van der Waals surface area (Å²) in [6.45, 7) is 1.53. The van der Waals surface area contributed by atoms with Crippen molar-refractivity contribution in [2.24, 2.45) is 0 Å². The maximum Gasteiger partial charge on any atom is 0.253 e. The van der Waals surface area contributed by atoms with Gasteiger partial charge in [0, 0.05) is 0 Å². The summed E-state index contributed by atoms with van der Waals surface area (Å²) in [5, 5.41) is 0. The number of halogens is 8. The Labute approximate surface area is 157 Å². The van der Waals surface area contributed by atoms with E-state index >= 15 is 0 Å². The summed E-state index contributed by atoms with van der Waals surface area (Å²) in [5.74, 6) is 0. The Hall–Kier alpha value is -2.12. The average Bonchev–Trinajstić information content (AvgIpc) is 2.66. The minimum atomic E-state index is -3.28. The summed E-state index contributed by atoms with van der Waals surface area (Å²) in [7, 11) is 0. The number of benzene rings is 2. The van der Waals surface area contributed by atoms with Gasteiger partial charge in [-0.1, -0.05) is 48.5 Å². The molecule has 0 fully saturated rings. The van der Waals surface area contributed by atoms with Crippen molar-refractivity contribution in [3.8, 4) is 11.1 Å². The van der Waals surface area contributed by atoms with Gasteiger partial charge >= 0.3 is 0 Å². The lowest BCUT2D eigenvalue weighted by atomic mass is 9.81. The van der Waals surface area contributed by atoms with Crippen LogP contribution in [0.25, 0.3) is 11.1 Å². The van der Waals surface area contributed by atoms with Crippen molar-refractivity contribution >= 4 is 0 Å². The predicted molar refractivity (Wildman–Crippen MR) is 90.6 cm³/mol. The van der Waals surface area contributed by atoms with Crippen LogP contribution in [0.4, 0.5) is 35.1 Å². The molecule has 0 saturated carbocycles. The van der Waals surface area contributed by atoms with Gasteiger partial charge in [0.25, 0.3) is 25.7 Å². The molecule has 0 spiro atoms. The van der Waals surface area contributed by atoms with E-state index in [0.29, 0.717) is 11.1 Å². The Kier molecular flexibility index (Phi) is 6.41. The van der Waals surface area contributed by atoms with Gasteiger partial charge in [-0.15, -0.1) is 0 Å². The molecule has 0 nitrogen and oxygen atoms in total. The van der Waals surface area contributed by atoms with Crippen molar-refractivity contribution in [1.82, 2.24) is 0 Å². The Morgan fingerprint density at radius 3 is 0.857 bits per heavy atom. The lowest BCUT2D eigenvalue weighted by Gasteiger charge is -2.29. The lowest BCUT2D eigenvalue weighted by molar-refractivity contribution is -0.0459. The van der Waals surface area contributed by atoms with Crippen LogP contribution in [0.5, 0.6) is 0 Å². The first kappa shape index (κ1) is 22.2. The van der Waals surface area contributed by atoms with Crippen molar-refractivity contribution in [2.45, 2.75) is 50.4 Å². The molecule has 0 bridgehead atoms. The van der Waals surface area contributed by atoms with Crippen molar-refractivity contribution < 1.29 is 35.1 Å². The minimum absolute atomic E-state index is 0.249. The third kappa shape index (κ3) is 3.73. The van der Waals surface area contributed by atoms with Crippen molar-refractivity contribution in [2.75, 3.05) is 0 Å². The minimum Gasteiger partial charge on any atom is -0.209 e. The van der Waals surface area contributed by atoms with Crippen LogP contribution < -0.4 is 0 Å². The normalized spacial score (nSPS) is 13.2. The highest BCUT2D eigenvalue weighted by atomic mass is 19.3. The molecule has 0 aromatic heterocycles. The molecule has 0 aliphatic rings. The topological polar surface area (TPSA) is 0 Å². The van der Waals surface area contributed by atoms with Crippen LogP contribution >= 0.6 is 0 Å². The van der Waals surface area contributed by atoms with Gasteiger partial charge in [-0.25, -0.2) is 35.1 Å². The quantitative estimate of drug-likeness (QED) is 0.434. The largest absolute Gasteiger partial charge is 0.253 e. The average molecular weight is 410 g/mol. The second-order valence-electron chi connectivity index (χ2n) is 6.92. The van der Waals surface area contributed by atoms with E-state index in [1.807, 2.05) is 0 Å². The molecule has 2 aromatic rings. The van der Waals surface area contributed by atoms with Crippen LogP contribution in [0.2, 0.25) is 0 Å². The molecule has 0 amide bonds. The maximum atomic E-state index is 13.1. The van der Waals surface area contributed by atoms with Crippen LogP contribution in [0, 0.1) is 0 Å². The van der Waals surface area contributed by atoms with Crippen LogP contribution in [0.15, 0.2) is 48.5 Å². The molecule has 0 saturated heterocycles. The number of hydrogen-bond acceptors (Lipinski definition) is 0. The highest BCUT2D eigenvalue weighted by Gasteiger charge is 2.46. The molecule has 0 aliphatic carbocycles. The molecule has 0 heterocycles. The van der Waals surface area contributed by atoms with E-state index < -0.39 is 36.5 Å². The zero-order chi connectivity index (χ0) is 21.3. The van der Waals surface area contributed by atoms with Crippen LogP contribution in [0.3, 0.4) is 0 Å². The molecule has 0 N–H and O–H groups in total. The standard InChI is InChI=1S/C20H18F8/c1-19(15(21)22,16(23)24)13-7-3-11(4-8-13)12-5-9-14(10-6-12)20(2,17(25)26)18(27)28/h3-10,15-18H,1-2H3. The molecule has 8 heteroatoms. The van der Waals surface area contributed by atoms with E-state index in [9.17, 15) is 35.1 Å². The van der Waals surface area contributed by atoms with Gasteiger partial charge in [-0.2, -0.15) is 0 Å². The van der Waals surface area contributed by atoms with E-state index in [-0.39, 0.29) is 11.1 Å². The third-order valence-corrected chi connectivity index (χ3v) is 5.16. The summed E-state index contributed by atoms with van der Waals surface area (Å²) in [5.41, 5.74) is -4.87. The first-order valence-electron chi connectivity index (χ1n) is 8.29. The highest BCUT2D eigenvalue weighted by molar-refractivity contribution is 5.64. The molecule has 28 heavy (non-hydrogen) atoms. The van der Waals surface area contributed by atoms with E-state index in [2.05, 4.69) is 0 Å². The third-order valence-electron chi connectivity index (χ3n) is 5.16. The molecular weight excluding hydrogens is 392 g/mol. The summed E-state index contributed by atoms with van der Waals surface area (Å²) in [4.78, 5) is 0. The predicted octanol–water partition coefficient (Wildman–Crippen LogP) is 6.93. The lowest BCUT2D eigenvalue weighted by Crippen LogP contribution is -2.38. The van der Waals surface area contributed by atoms with Crippen molar-refractivity contribution in [3.05, 3.63) is 59.7 Å². The monoisotopic (exact) mass is 410 g/mol. The fraction of sp³-hybridized carbons (Fsp3) is 0.400. The van der Waals surface area contributed by atoms with E-state index in [0.717, 1.165) is 38.1 Å². The second-order valence-corrected chi connectivity index (χ2v) is 6.92. The van der Waals surface area contributed by atoms with Crippen LogP contribution in [-0.2, 0) is 10.8 Å². The Bertz CT molecular complexity index is 682. The highest BCUT2D eigenvalue weighted by Crippen LogP contribution is 2.39. The number of alkyl halides is 8. The zero-order valence-electron chi connectivity index (χ0n) is 15.0. The molecule has 2 rings (SSSR count). The summed E-state index contributed by atoms with van der Waals surface area (Å²) in [6.07, 6.45) is -13.1. The van der Waals surface area contributed by atoms with Gasteiger partial charge in [0.2, 0.25) is 0 Å². The van der Waals surface area contributed by atoms with Gasteiger partial charge in [-0.05, 0) is 36.1 Å². The molecule has 0 radical (unpaired) electrons. The van der Waals surface area contributed by atoms with Gasteiger partial charge in [0.1, 0.15) is 10.8 Å². The molecule has 0 unspecified atom stereocenters. The summed E-state index contributed by atoms with van der Waals surface area (Å²) < 4.78 is 105. The van der Waals surface area contributed by atoms with Gasteiger partial charge in [-0.3, -0.25) is 0 Å². The van der Waals surface area contributed by atoms with Gasteiger partial charge in [0.05, 0.1) is 0 Å². The first-order valence-corrected chi connectivity index (χ1v) is 8.29. The van der Waals surface area contributed by atoms with E-state index in [1.54, 1.807) is 0 Å². The second kappa shape index (κ2) is 8.09. The SMILES string of the molecule is CC(c1ccc(-c2ccc(C(C)(C(F)F)C(F)F)cc2)cc1)(C(F)F)C(F)F. The number of hydrogen-bond donors (Lipinski definition) is 0. The fourth-order valence-electron chi connectivity index (χ4n) is 2.74. The van der Waals surface area contributed by atoms with E-state index in [4.69, 9.17) is 0 Å². The van der Waals surface area contributed by atoms with Gasteiger partial charge < -0.3 is 0 Å². The summed E-state index contributed by atoms with van der Waals surface area (Å²) in [6, 6.07) is 9.93. The molecule has 0 atom stereocenters. The fourth-order valence-corrected chi connectivity index (χ4v) is 2.74. The summed E-state index contributed by atoms with van der Waals surface area (Å²) >= 11 is 0. The number of rotatable bonds is 7. The molecule has 2 aromatic carbocycles.